The Bertz CT molecular complexity index is 828. The van der Waals surface area contributed by atoms with Gasteiger partial charge < -0.3 is 0 Å². The van der Waals surface area contributed by atoms with Crippen LogP contribution in [0, 0.1) is 13.8 Å². The number of nitrogens with zero attached hydrogens (tertiary/aromatic N) is 2. The van der Waals surface area contributed by atoms with Gasteiger partial charge in [0, 0.05) is 28.1 Å². The molecule has 0 aliphatic heterocycles. The van der Waals surface area contributed by atoms with E-state index >= 15 is 0 Å². The maximum Gasteiger partial charge on any atom is 0.142 e. The smallest absolute Gasteiger partial charge is 0.142 e. The summed E-state index contributed by atoms with van der Waals surface area (Å²) in [5, 5.41) is 2.85. The Balaban J connectivity index is 1.66. The van der Waals surface area contributed by atoms with E-state index in [0.29, 0.717) is 11.5 Å². The molecule has 0 aliphatic rings. The maximum absolute atomic E-state index is 12.4. The van der Waals surface area contributed by atoms with Crippen molar-refractivity contribution < 1.29 is 4.21 Å². The number of hydrogen-bond acceptors (Lipinski definition) is 4. The van der Waals surface area contributed by atoms with Gasteiger partial charge in [0.15, 0.2) is 0 Å². The SMILES string of the molecule is Cc1ccc(C[S@](=O)Cc2csc(-c3ccccn3)n2)cc1C. The minimum Gasteiger partial charge on any atom is -0.259 e. The highest BCUT2D eigenvalue weighted by Gasteiger charge is 2.09. The molecule has 0 saturated heterocycles. The Hall–Kier alpha value is -1.85. The Kier molecular flexibility index (Phi) is 4.98. The molecule has 3 rings (SSSR count). The van der Waals surface area contributed by atoms with Crippen LogP contribution in [-0.2, 0) is 22.3 Å². The molecule has 0 radical (unpaired) electrons. The first-order valence-corrected chi connectivity index (χ1v) is 9.75. The Morgan fingerprint density at radius 2 is 1.96 bits per heavy atom. The highest BCUT2D eigenvalue weighted by molar-refractivity contribution is 7.83. The summed E-state index contributed by atoms with van der Waals surface area (Å²) in [5.74, 6) is 1.05. The molecular formula is C18H18N2OS2. The van der Waals surface area contributed by atoms with Gasteiger partial charge in [-0.3, -0.25) is 9.19 Å². The largest absolute Gasteiger partial charge is 0.259 e. The van der Waals surface area contributed by atoms with E-state index in [0.717, 1.165) is 22.0 Å². The van der Waals surface area contributed by atoms with Gasteiger partial charge in [-0.15, -0.1) is 11.3 Å². The van der Waals surface area contributed by atoms with Gasteiger partial charge in [0.2, 0.25) is 0 Å². The van der Waals surface area contributed by atoms with Crippen LogP contribution in [0.4, 0.5) is 0 Å². The highest BCUT2D eigenvalue weighted by Crippen LogP contribution is 2.22. The molecule has 23 heavy (non-hydrogen) atoms. The van der Waals surface area contributed by atoms with Gasteiger partial charge in [-0.2, -0.15) is 0 Å². The van der Waals surface area contributed by atoms with Crippen LogP contribution in [0.1, 0.15) is 22.4 Å². The predicted molar refractivity (Wildman–Crippen MR) is 96.8 cm³/mol. The minimum atomic E-state index is -0.956. The van der Waals surface area contributed by atoms with Crippen LogP contribution >= 0.6 is 11.3 Å². The van der Waals surface area contributed by atoms with Gasteiger partial charge in [0.05, 0.1) is 17.1 Å². The molecule has 118 valence electrons. The van der Waals surface area contributed by atoms with Gasteiger partial charge >= 0.3 is 0 Å². The highest BCUT2D eigenvalue weighted by atomic mass is 32.2. The van der Waals surface area contributed by atoms with Gasteiger partial charge in [-0.05, 0) is 42.7 Å². The topological polar surface area (TPSA) is 42.9 Å². The van der Waals surface area contributed by atoms with Crippen molar-refractivity contribution in [1.29, 1.82) is 0 Å². The van der Waals surface area contributed by atoms with Gasteiger partial charge in [-0.25, -0.2) is 4.98 Å². The molecule has 2 heterocycles. The first kappa shape index (κ1) is 16.0. The normalized spacial score (nSPS) is 12.3. The molecule has 3 aromatic rings. The van der Waals surface area contributed by atoms with Crippen molar-refractivity contribution in [2.24, 2.45) is 0 Å². The van der Waals surface area contributed by atoms with Gasteiger partial charge in [0.1, 0.15) is 5.01 Å². The second-order valence-corrected chi connectivity index (χ2v) is 7.82. The van der Waals surface area contributed by atoms with Crippen LogP contribution in [0.15, 0.2) is 48.0 Å². The summed E-state index contributed by atoms with van der Waals surface area (Å²) in [5.41, 5.74) is 5.36. The number of thiazole rings is 1. The van der Waals surface area contributed by atoms with E-state index in [1.165, 1.54) is 11.1 Å². The van der Waals surface area contributed by atoms with Crippen molar-refractivity contribution in [2.45, 2.75) is 25.4 Å². The van der Waals surface area contributed by atoms with Crippen LogP contribution in [0.3, 0.4) is 0 Å². The van der Waals surface area contributed by atoms with E-state index in [2.05, 4.69) is 42.0 Å². The zero-order valence-electron chi connectivity index (χ0n) is 13.2. The van der Waals surface area contributed by atoms with Crippen molar-refractivity contribution in [3.8, 4) is 10.7 Å². The molecule has 0 saturated carbocycles. The summed E-state index contributed by atoms with van der Waals surface area (Å²) in [4.78, 5) is 8.86. The molecule has 3 nitrogen and oxygen atoms in total. The second-order valence-electron chi connectivity index (χ2n) is 5.51. The summed E-state index contributed by atoms with van der Waals surface area (Å²) >= 11 is 1.55. The number of hydrogen-bond donors (Lipinski definition) is 0. The average Bonchev–Trinajstić information content (AvgIpc) is 3.00. The van der Waals surface area contributed by atoms with E-state index in [-0.39, 0.29) is 0 Å². The van der Waals surface area contributed by atoms with E-state index in [4.69, 9.17) is 0 Å². The zero-order valence-corrected chi connectivity index (χ0v) is 14.8. The quantitative estimate of drug-likeness (QED) is 0.695. The first-order valence-electron chi connectivity index (χ1n) is 7.39. The summed E-state index contributed by atoms with van der Waals surface area (Å²) in [7, 11) is -0.956. The Morgan fingerprint density at radius 1 is 1.09 bits per heavy atom. The molecule has 0 spiro atoms. The number of aromatic nitrogens is 2. The van der Waals surface area contributed by atoms with Crippen molar-refractivity contribution in [1.82, 2.24) is 9.97 Å². The van der Waals surface area contributed by atoms with Crippen LogP contribution in [0.25, 0.3) is 10.7 Å². The summed E-state index contributed by atoms with van der Waals surface area (Å²) in [6.45, 7) is 4.17. The van der Waals surface area contributed by atoms with Crippen molar-refractivity contribution in [3.05, 3.63) is 70.4 Å². The molecule has 0 aliphatic carbocycles. The summed E-state index contributed by atoms with van der Waals surface area (Å²) < 4.78 is 12.4. The molecular weight excluding hydrogens is 324 g/mol. The molecule has 0 bridgehead atoms. The minimum absolute atomic E-state index is 0.482. The van der Waals surface area contributed by atoms with E-state index in [9.17, 15) is 4.21 Å². The Morgan fingerprint density at radius 3 is 2.70 bits per heavy atom. The molecule has 0 amide bonds. The summed E-state index contributed by atoms with van der Waals surface area (Å²) in [6, 6.07) is 12.0. The first-order chi connectivity index (χ1) is 11.1. The Labute approximate surface area is 142 Å². The van der Waals surface area contributed by atoms with Crippen LogP contribution in [0.2, 0.25) is 0 Å². The standard InChI is InChI=1S/C18H18N2OS2/c1-13-6-7-15(9-14(13)2)11-23(21)12-16-10-22-18(20-16)17-5-3-4-8-19-17/h3-10H,11-12H2,1-2H3/t23-/m0/s1. The third-order valence-corrected chi connectivity index (χ3v) is 5.83. The maximum atomic E-state index is 12.4. The lowest BCUT2D eigenvalue weighted by atomic mass is 10.1. The average molecular weight is 342 g/mol. The van der Waals surface area contributed by atoms with E-state index < -0.39 is 10.8 Å². The molecule has 1 atom stereocenters. The lowest BCUT2D eigenvalue weighted by molar-refractivity contribution is 0.681. The molecule has 5 heteroatoms. The zero-order chi connectivity index (χ0) is 16.2. The van der Waals surface area contributed by atoms with Crippen LogP contribution in [-0.4, -0.2) is 14.2 Å². The van der Waals surface area contributed by atoms with Crippen LogP contribution in [0.5, 0.6) is 0 Å². The van der Waals surface area contributed by atoms with E-state index in [1.807, 2.05) is 23.6 Å². The van der Waals surface area contributed by atoms with Crippen LogP contribution < -0.4 is 0 Å². The monoisotopic (exact) mass is 342 g/mol. The summed E-state index contributed by atoms with van der Waals surface area (Å²) in [6.07, 6.45) is 1.76. The fraction of sp³-hybridized carbons (Fsp3) is 0.222. The number of benzene rings is 1. The predicted octanol–water partition coefficient (Wildman–Crippen LogP) is 4.27. The van der Waals surface area contributed by atoms with E-state index in [1.54, 1.807) is 17.5 Å². The second kappa shape index (κ2) is 7.15. The lowest BCUT2D eigenvalue weighted by Crippen LogP contribution is -2.00. The number of rotatable bonds is 5. The van der Waals surface area contributed by atoms with Crippen molar-refractivity contribution >= 4 is 22.1 Å². The molecule has 0 N–H and O–H groups in total. The molecule has 0 unspecified atom stereocenters. The third kappa shape index (κ3) is 4.12. The third-order valence-electron chi connectivity index (χ3n) is 3.64. The number of pyridine rings is 1. The lowest BCUT2D eigenvalue weighted by Gasteiger charge is -2.05. The molecule has 0 fully saturated rings. The fourth-order valence-corrected chi connectivity index (χ4v) is 4.31. The molecule has 1 aromatic carbocycles. The number of aryl methyl sites for hydroxylation is 2. The molecule has 2 aromatic heterocycles. The van der Waals surface area contributed by atoms with Crippen molar-refractivity contribution in [2.75, 3.05) is 0 Å². The fourth-order valence-electron chi connectivity index (χ4n) is 2.28. The van der Waals surface area contributed by atoms with Crippen molar-refractivity contribution in [3.63, 3.8) is 0 Å². The van der Waals surface area contributed by atoms with Gasteiger partial charge in [0.25, 0.3) is 0 Å². The van der Waals surface area contributed by atoms with Gasteiger partial charge in [-0.1, -0.05) is 24.3 Å².